The van der Waals surface area contributed by atoms with Gasteiger partial charge in [-0.25, -0.2) is 4.98 Å². The maximum absolute atomic E-state index is 5.93. The topological polar surface area (TPSA) is 56.7 Å². The summed E-state index contributed by atoms with van der Waals surface area (Å²) in [6.45, 7) is 0. The van der Waals surface area contributed by atoms with E-state index >= 15 is 0 Å². The van der Waals surface area contributed by atoms with Crippen LogP contribution in [0.4, 0.5) is 5.13 Å². The monoisotopic (exact) mass is 214 g/mol. The van der Waals surface area contributed by atoms with Crippen molar-refractivity contribution < 1.29 is 0 Å². The highest BCUT2D eigenvalue weighted by Crippen LogP contribution is 2.28. The zero-order valence-electron chi connectivity index (χ0n) is 6.86. The minimum absolute atomic E-state index is 0.535. The van der Waals surface area contributed by atoms with Crippen molar-refractivity contribution in [1.29, 1.82) is 0 Å². The molecule has 6 heteroatoms. The summed E-state index contributed by atoms with van der Waals surface area (Å²) in [6.07, 6.45) is 1.59. The van der Waals surface area contributed by atoms with Gasteiger partial charge in [0.05, 0.1) is 11.2 Å². The van der Waals surface area contributed by atoms with Gasteiger partial charge in [-0.1, -0.05) is 11.6 Å². The molecule has 0 aliphatic rings. The highest BCUT2D eigenvalue weighted by Gasteiger charge is 2.11. The lowest BCUT2D eigenvalue weighted by molar-refractivity contribution is 0.774. The average molecular weight is 215 g/mol. The van der Waals surface area contributed by atoms with Gasteiger partial charge in [0.15, 0.2) is 5.13 Å². The van der Waals surface area contributed by atoms with Crippen LogP contribution in [0.15, 0.2) is 11.6 Å². The van der Waals surface area contributed by atoms with Crippen molar-refractivity contribution in [3.63, 3.8) is 0 Å². The molecule has 2 aromatic rings. The van der Waals surface area contributed by atoms with Crippen LogP contribution in [0.1, 0.15) is 0 Å². The van der Waals surface area contributed by atoms with E-state index < -0.39 is 0 Å². The largest absolute Gasteiger partial charge is 0.375 e. The third-order valence-corrected chi connectivity index (χ3v) is 2.61. The van der Waals surface area contributed by atoms with Crippen molar-refractivity contribution in [3.05, 3.63) is 16.6 Å². The number of hydrogen-bond acceptors (Lipinski definition) is 4. The van der Waals surface area contributed by atoms with E-state index in [1.54, 1.807) is 10.9 Å². The highest BCUT2D eigenvalue weighted by atomic mass is 35.5. The van der Waals surface area contributed by atoms with Crippen LogP contribution in [0.5, 0.6) is 0 Å². The van der Waals surface area contributed by atoms with E-state index in [4.69, 9.17) is 17.3 Å². The van der Waals surface area contributed by atoms with Crippen LogP contribution in [0.25, 0.3) is 11.4 Å². The summed E-state index contributed by atoms with van der Waals surface area (Å²) in [5, 5.41) is 6.99. The average Bonchev–Trinajstić information content (AvgIpc) is 2.60. The predicted octanol–water partition coefficient (Wildman–Crippen LogP) is 1.78. The Bertz CT molecular complexity index is 414. The fraction of sp³-hybridized carbons (Fsp3) is 0.143. The Hall–Kier alpha value is -1.07. The first-order valence-electron chi connectivity index (χ1n) is 3.57. The molecule has 0 fully saturated rings. The smallest absolute Gasteiger partial charge is 0.180 e. The van der Waals surface area contributed by atoms with Gasteiger partial charge in [0, 0.05) is 12.4 Å². The lowest BCUT2D eigenvalue weighted by Crippen LogP contribution is -1.94. The van der Waals surface area contributed by atoms with Gasteiger partial charge in [-0.2, -0.15) is 5.10 Å². The number of rotatable bonds is 1. The van der Waals surface area contributed by atoms with Crippen LogP contribution in [-0.4, -0.2) is 14.8 Å². The van der Waals surface area contributed by atoms with Crippen LogP contribution in [0.3, 0.4) is 0 Å². The summed E-state index contributed by atoms with van der Waals surface area (Å²) >= 11 is 7.32. The molecule has 2 rings (SSSR count). The second kappa shape index (κ2) is 3.01. The van der Waals surface area contributed by atoms with Gasteiger partial charge < -0.3 is 5.73 Å². The summed E-state index contributed by atoms with van der Waals surface area (Å²) in [5.41, 5.74) is 7.09. The van der Waals surface area contributed by atoms with Crippen molar-refractivity contribution in [2.24, 2.45) is 7.05 Å². The fourth-order valence-corrected chi connectivity index (χ4v) is 1.91. The maximum atomic E-state index is 5.93. The lowest BCUT2D eigenvalue weighted by Gasteiger charge is -1.96. The molecule has 68 valence electrons. The second-order valence-electron chi connectivity index (χ2n) is 2.54. The van der Waals surface area contributed by atoms with Crippen molar-refractivity contribution in [3.8, 4) is 11.4 Å². The zero-order valence-corrected chi connectivity index (χ0v) is 8.43. The first-order valence-corrected chi connectivity index (χ1v) is 4.83. The molecule has 2 aromatic heterocycles. The molecule has 2 heterocycles. The van der Waals surface area contributed by atoms with Crippen LogP contribution >= 0.6 is 22.9 Å². The number of nitrogen functional groups attached to an aromatic ring is 1. The first-order chi connectivity index (χ1) is 6.18. The minimum atomic E-state index is 0.535. The van der Waals surface area contributed by atoms with Gasteiger partial charge in [0.1, 0.15) is 11.4 Å². The normalized spacial score (nSPS) is 10.6. The Kier molecular flexibility index (Phi) is 1.97. The molecule has 0 aromatic carbocycles. The van der Waals surface area contributed by atoms with Crippen molar-refractivity contribution in [2.75, 3.05) is 5.73 Å². The highest BCUT2D eigenvalue weighted by molar-refractivity contribution is 7.13. The van der Waals surface area contributed by atoms with E-state index in [9.17, 15) is 0 Å². The number of halogens is 1. The summed E-state index contributed by atoms with van der Waals surface area (Å²) < 4.78 is 1.68. The molecule has 0 spiro atoms. The van der Waals surface area contributed by atoms with E-state index in [2.05, 4.69) is 10.1 Å². The molecule has 0 amide bonds. The van der Waals surface area contributed by atoms with Gasteiger partial charge in [-0.15, -0.1) is 11.3 Å². The summed E-state index contributed by atoms with van der Waals surface area (Å²) in [5.74, 6) is 0. The number of hydrogen-bond donors (Lipinski definition) is 1. The molecule has 0 aliphatic heterocycles. The van der Waals surface area contributed by atoms with Crippen LogP contribution in [0.2, 0.25) is 5.02 Å². The van der Waals surface area contributed by atoms with Crippen LogP contribution in [-0.2, 0) is 7.05 Å². The molecule has 13 heavy (non-hydrogen) atoms. The van der Waals surface area contributed by atoms with Crippen molar-refractivity contribution in [1.82, 2.24) is 14.8 Å². The number of nitrogens with two attached hydrogens (primary N) is 1. The van der Waals surface area contributed by atoms with E-state index in [0.29, 0.717) is 10.2 Å². The number of aryl methyl sites for hydroxylation is 1. The molecule has 0 saturated carbocycles. The van der Waals surface area contributed by atoms with E-state index in [0.717, 1.165) is 11.4 Å². The number of nitrogens with zero attached hydrogens (tertiary/aromatic N) is 3. The number of anilines is 1. The molecular weight excluding hydrogens is 208 g/mol. The molecule has 0 unspecified atom stereocenters. The van der Waals surface area contributed by atoms with E-state index in [1.807, 2.05) is 12.4 Å². The molecule has 0 saturated heterocycles. The summed E-state index contributed by atoms with van der Waals surface area (Å²) in [6, 6.07) is 0. The maximum Gasteiger partial charge on any atom is 0.180 e. The SMILES string of the molecule is Cn1ncc(Cl)c1-c1csc(N)n1. The lowest BCUT2D eigenvalue weighted by atomic mass is 10.3. The minimum Gasteiger partial charge on any atom is -0.375 e. The quantitative estimate of drug-likeness (QED) is 0.787. The third-order valence-electron chi connectivity index (χ3n) is 1.66. The molecule has 4 nitrogen and oxygen atoms in total. The molecule has 0 atom stereocenters. The van der Waals surface area contributed by atoms with Crippen molar-refractivity contribution >= 4 is 28.1 Å². The van der Waals surface area contributed by atoms with Gasteiger partial charge in [-0.05, 0) is 0 Å². The zero-order chi connectivity index (χ0) is 9.42. The molecule has 0 aliphatic carbocycles. The van der Waals surface area contributed by atoms with E-state index in [-0.39, 0.29) is 0 Å². The molecule has 2 N–H and O–H groups in total. The second-order valence-corrected chi connectivity index (χ2v) is 3.83. The van der Waals surface area contributed by atoms with Crippen LogP contribution < -0.4 is 5.73 Å². The Labute approximate surface area is 84.0 Å². The Morgan fingerprint density at radius 3 is 2.85 bits per heavy atom. The number of aromatic nitrogens is 3. The third kappa shape index (κ3) is 1.40. The molecule has 0 radical (unpaired) electrons. The van der Waals surface area contributed by atoms with Gasteiger partial charge >= 0.3 is 0 Å². The van der Waals surface area contributed by atoms with Gasteiger partial charge in [-0.3, -0.25) is 4.68 Å². The van der Waals surface area contributed by atoms with Crippen LogP contribution in [0, 0.1) is 0 Å². The number of thiazole rings is 1. The summed E-state index contributed by atoms with van der Waals surface area (Å²) in [4.78, 5) is 4.13. The fourth-order valence-electron chi connectivity index (χ4n) is 1.10. The van der Waals surface area contributed by atoms with Crippen molar-refractivity contribution in [2.45, 2.75) is 0 Å². The predicted molar refractivity (Wildman–Crippen MR) is 53.7 cm³/mol. The molecule has 0 bridgehead atoms. The van der Waals surface area contributed by atoms with Gasteiger partial charge in [0.25, 0.3) is 0 Å². The standard InChI is InChI=1S/C7H7ClN4S/c1-12-6(4(8)2-10-12)5-3-13-7(9)11-5/h2-3H,1H3,(H2,9,11). The Balaban J connectivity index is 2.57. The Morgan fingerprint density at radius 1 is 1.62 bits per heavy atom. The van der Waals surface area contributed by atoms with Gasteiger partial charge in [0.2, 0.25) is 0 Å². The Morgan fingerprint density at radius 2 is 2.38 bits per heavy atom. The molecular formula is C7H7ClN4S. The van der Waals surface area contributed by atoms with E-state index in [1.165, 1.54) is 11.3 Å². The first kappa shape index (κ1) is 8.52. The summed E-state index contributed by atoms with van der Waals surface area (Å²) in [7, 11) is 1.82.